The van der Waals surface area contributed by atoms with E-state index in [0.717, 1.165) is 12.1 Å². The molecule has 1 N–H and O–H groups in total. The summed E-state index contributed by atoms with van der Waals surface area (Å²) in [6, 6.07) is 8.01. The summed E-state index contributed by atoms with van der Waals surface area (Å²) in [7, 11) is 0. The second-order valence-electron chi connectivity index (χ2n) is 4.36. The summed E-state index contributed by atoms with van der Waals surface area (Å²) < 4.78 is 10.5. The lowest BCUT2D eigenvalue weighted by atomic mass is 10.1. The smallest absolute Gasteiger partial charge is 0.347 e. The van der Waals surface area contributed by atoms with E-state index in [1.807, 2.05) is 24.3 Å². The first kappa shape index (κ1) is 15.5. The van der Waals surface area contributed by atoms with Gasteiger partial charge in [-0.05, 0) is 45.0 Å². The SMILES string of the molecule is CCNC(C)c1cccc(OC(C)C(=O)OCC)c1. The maximum absolute atomic E-state index is 11.5. The number of esters is 1. The Balaban J connectivity index is 2.69. The van der Waals surface area contributed by atoms with Gasteiger partial charge in [0.15, 0.2) is 6.10 Å². The van der Waals surface area contributed by atoms with E-state index in [9.17, 15) is 4.79 Å². The fourth-order valence-electron chi connectivity index (χ4n) is 1.79. The van der Waals surface area contributed by atoms with Crippen molar-refractivity contribution in [2.75, 3.05) is 13.2 Å². The summed E-state index contributed by atoms with van der Waals surface area (Å²) >= 11 is 0. The summed E-state index contributed by atoms with van der Waals surface area (Å²) in [5, 5.41) is 3.34. The number of rotatable bonds is 7. The van der Waals surface area contributed by atoms with Crippen molar-refractivity contribution in [1.82, 2.24) is 5.32 Å². The fraction of sp³-hybridized carbons (Fsp3) is 0.533. The molecule has 1 aromatic rings. The number of hydrogen-bond acceptors (Lipinski definition) is 4. The highest BCUT2D eigenvalue weighted by atomic mass is 16.6. The van der Waals surface area contributed by atoms with Gasteiger partial charge in [-0.25, -0.2) is 4.79 Å². The van der Waals surface area contributed by atoms with Crippen LogP contribution >= 0.6 is 0 Å². The number of carbonyl (C=O) groups is 1. The van der Waals surface area contributed by atoms with Gasteiger partial charge in [-0.2, -0.15) is 0 Å². The van der Waals surface area contributed by atoms with Gasteiger partial charge in [0.05, 0.1) is 6.61 Å². The number of benzene rings is 1. The van der Waals surface area contributed by atoms with Crippen LogP contribution in [0, 0.1) is 0 Å². The highest BCUT2D eigenvalue weighted by Gasteiger charge is 2.16. The fourth-order valence-corrected chi connectivity index (χ4v) is 1.79. The van der Waals surface area contributed by atoms with Gasteiger partial charge in [-0.1, -0.05) is 19.1 Å². The van der Waals surface area contributed by atoms with E-state index in [1.54, 1.807) is 13.8 Å². The summed E-state index contributed by atoms with van der Waals surface area (Å²) in [6.45, 7) is 8.91. The molecule has 0 saturated carbocycles. The Morgan fingerprint density at radius 1 is 1.32 bits per heavy atom. The molecule has 106 valence electrons. The molecule has 19 heavy (non-hydrogen) atoms. The summed E-state index contributed by atoms with van der Waals surface area (Å²) in [4.78, 5) is 11.5. The number of nitrogens with one attached hydrogen (secondary N) is 1. The minimum absolute atomic E-state index is 0.256. The predicted molar refractivity (Wildman–Crippen MR) is 75.3 cm³/mol. The van der Waals surface area contributed by atoms with Gasteiger partial charge in [0.25, 0.3) is 0 Å². The Kier molecular flexibility index (Phi) is 6.36. The molecule has 2 atom stereocenters. The van der Waals surface area contributed by atoms with Crippen molar-refractivity contribution in [1.29, 1.82) is 0 Å². The molecular formula is C15H23NO3. The normalized spacial score (nSPS) is 13.7. The number of ether oxygens (including phenoxy) is 2. The van der Waals surface area contributed by atoms with Crippen molar-refractivity contribution in [3.63, 3.8) is 0 Å². The zero-order chi connectivity index (χ0) is 14.3. The van der Waals surface area contributed by atoms with Crippen molar-refractivity contribution in [2.45, 2.75) is 39.8 Å². The lowest BCUT2D eigenvalue weighted by Crippen LogP contribution is -2.26. The van der Waals surface area contributed by atoms with Crippen LogP contribution in [0.3, 0.4) is 0 Å². The molecule has 0 bridgehead atoms. The average molecular weight is 265 g/mol. The molecule has 0 amide bonds. The Bertz CT molecular complexity index is 406. The van der Waals surface area contributed by atoms with Crippen LogP contribution in [0.15, 0.2) is 24.3 Å². The second-order valence-corrected chi connectivity index (χ2v) is 4.36. The molecule has 0 aliphatic carbocycles. The van der Waals surface area contributed by atoms with Gasteiger partial charge in [-0.3, -0.25) is 0 Å². The van der Waals surface area contributed by atoms with Crippen LogP contribution in [0.5, 0.6) is 5.75 Å². The van der Waals surface area contributed by atoms with Crippen LogP contribution in [-0.4, -0.2) is 25.2 Å². The van der Waals surface area contributed by atoms with Gasteiger partial charge in [-0.15, -0.1) is 0 Å². The lowest BCUT2D eigenvalue weighted by molar-refractivity contribution is -0.150. The van der Waals surface area contributed by atoms with Gasteiger partial charge >= 0.3 is 5.97 Å². The van der Waals surface area contributed by atoms with Gasteiger partial charge in [0.1, 0.15) is 5.75 Å². The van der Waals surface area contributed by atoms with Crippen LogP contribution in [0.2, 0.25) is 0 Å². The van der Waals surface area contributed by atoms with Crippen molar-refractivity contribution in [2.24, 2.45) is 0 Å². The standard InChI is InChI=1S/C15H23NO3/c1-5-16-11(3)13-8-7-9-14(10-13)19-12(4)15(17)18-6-2/h7-12,16H,5-6H2,1-4H3. The molecule has 0 radical (unpaired) electrons. The molecule has 0 fully saturated rings. The first-order valence-corrected chi connectivity index (χ1v) is 6.75. The third kappa shape index (κ3) is 4.91. The molecular weight excluding hydrogens is 242 g/mol. The molecule has 4 heteroatoms. The molecule has 0 aliphatic rings. The number of hydrogen-bond donors (Lipinski definition) is 1. The number of carbonyl (C=O) groups excluding carboxylic acids is 1. The maximum atomic E-state index is 11.5. The Morgan fingerprint density at radius 3 is 2.68 bits per heavy atom. The molecule has 0 aromatic heterocycles. The minimum Gasteiger partial charge on any atom is -0.479 e. The Labute approximate surface area is 115 Å². The molecule has 0 spiro atoms. The monoisotopic (exact) mass is 265 g/mol. The zero-order valence-corrected chi connectivity index (χ0v) is 12.1. The minimum atomic E-state index is -0.593. The van der Waals surface area contributed by atoms with Crippen molar-refractivity contribution >= 4 is 5.97 Å². The Morgan fingerprint density at radius 2 is 2.05 bits per heavy atom. The predicted octanol–water partition coefficient (Wildman–Crippen LogP) is 2.69. The largest absolute Gasteiger partial charge is 0.479 e. The third-order valence-electron chi connectivity index (χ3n) is 2.80. The van der Waals surface area contributed by atoms with Gasteiger partial charge < -0.3 is 14.8 Å². The first-order chi connectivity index (χ1) is 9.08. The van der Waals surface area contributed by atoms with Crippen LogP contribution in [0.25, 0.3) is 0 Å². The van der Waals surface area contributed by atoms with Gasteiger partial charge in [0.2, 0.25) is 0 Å². The van der Waals surface area contributed by atoms with E-state index in [2.05, 4.69) is 19.2 Å². The first-order valence-electron chi connectivity index (χ1n) is 6.75. The Hall–Kier alpha value is -1.55. The molecule has 4 nitrogen and oxygen atoms in total. The molecule has 2 unspecified atom stereocenters. The molecule has 1 aromatic carbocycles. The van der Waals surface area contributed by atoms with Gasteiger partial charge in [0, 0.05) is 6.04 Å². The molecule has 0 heterocycles. The summed E-state index contributed by atoms with van der Waals surface area (Å²) in [5.74, 6) is 0.343. The summed E-state index contributed by atoms with van der Waals surface area (Å²) in [6.07, 6.45) is -0.593. The second kappa shape index (κ2) is 7.79. The third-order valence-corrected chi connectivity index (χ3v) is 2.80. The van der Waals surface area contributed by atoms with E-state index in [4.69, 9.17) is 9.47 Å². The zero-order valence-electron chi connectivity index (χ0n) is 12.1. The van der Waals surface area contributed by atoms with Crippen molar-refractivity contribution in [3.05, 3.63) is 29.8 Å². The summed E-state index contributed by atoms with van der Waals surface area (Å²) in [5.41, 5.74) is 1.13. The molecule has 0 aliphatic heterocycles. The molecule has 0 saturated heterocycles. The van der Waals surface area contributed by atoms with Crippen LogP contribution in [-0.2, 0) is 9.53 Å². The van der Waals surface area contributed by atoms with E-state index < -0.39 is 6.10 Å². The van der Waals surface area contributed by atoms with E-state index in [0.29, 0.717) is 12.4 Å². The van der Waals surface area contributed by atoms with Crippen LogP contribution in [0.4, 0.5) is 0 Å². The van der Waals surface area contributed by atoms with E-state index >= 15 is 0 Å². The van der Waals surface area contributed by atoms with Crippen molar-refractivity contribution < 1.29 is 14.3 Å². The quantitative estimate of drug-likeness (QED) is 0.770. The van der Waals surface area contributed by atoms with E-state index in [1.165, 1.54) is 0 Å². The van der Waals surface area contributed by atoms with E-state index in [-0.39, 0.29) is 12.0 Å². The van der Waals surface area contributed by atoms with Crippen LogP contribution in [0.1, 0.15) is 39.3 Å². The topological polar surface area (TPSA) is 47.6 Å². The highest BCUT2D eigenvalue weighted by Crippen LogP contribution is 2.20. The molecule has 1 rings (SSSR count). The maximum Gasteiger partial charge on any atom is 0.347 e. The highest BCUT2D eigenvalue weighted by molar-refractivity contribution is 5.74. The van der Waals surface area contributed by atoms with Crippen LogP contribution < -0.4 is 10.1 Å². The van der Waals surface area contributed by atoms with Crippen molar-refractivity contribution in [3.8, 4) is 5.75 Å². The lowest BCUT2D eigenvalue weighted by Gasteiger charge is -2.16. The average Bonchev–Trinajstić information content (AvgIpc) is 2.39.